The molecular formula is C28H24Cl2N4O. The first kappa shape index (κ1) is 23.3. The molecule has 0 radical (unpaired) electrons. The van der Waals surface area contributed by atoms with Gasteiger partial charge in [0, 0.05) is 21.2 Å². The van der Waals surface area contributed by atoms with E-state index in [-0.39, 0.29) is 11.1 Å². The molecule has 0 bridgehead atoms. The van der Waals surface area contributed by atoms with Crippen LogP contribution in [0, 0.1) is 0 Å². The zero-order valence-corrected chi connectivity index (χ0v) is 21.2. The molecule has 5 aromatic rings. The fraction of sp³-hybridized carbons (Fsp3) is 0.179. The number of fused-ring (bicyclic) bond motifs is 1. The van der Waals surface area contributed by atoms with Gasteiger partial charge in [-0.2, -0.15) is 9.61 Å². The van der Waals surface area contributed by atoms with E-state index < -0.39 is 0 Å². The molecule has 0 N–H and O–H groups in total. The number of rotatable bonds is 4. The Bertz CT molecular complexity index is 1560. The van der Waals surface area contributed by atoms with Gasteiger partial charge in [0.05, 0.1) is 12.7 Å². The Labute approximate surface area is 213 Å². The van der Waals surface area contributed by atoms with Gasteiger partial charge in [0.25, 0.3) is 0 Å². The summed E-state index contributed by atoms with van der Waals surface area (Å²) in [6.45, 7) is 6.88. The van der Waals surface area contributed by atoms with Crippen molar-refractivity contribution in [2.24, 2.45) is 0 Å². The third-order valence-electron chi connectivity index (χ3n) is 6.05. The average Bonchev–Trinajstić information content (AvgIpc) is 3.14. The highest BCUT2D eigenvalue weighted by atomic mass is 35.5. The Morgan fingerprint density at radius 3 is 1.94 bits per heavy atom. The Morgan fingerprint density at radius 2 is 1.37 bits per heavy atom. The van der Waals surface area contributed by atoms with Crippen LogP contribution in [0.25, 0.3) is 27.9 Å². The zero-order chi connectivity index (χ0) is 24.7. The van der Waals surface area contributed by atoms with E-state index in [4.69, 9.17) is 28.3 Å². The van der Waals surface area contributed by atoms with Gasteiger partial charge in [0.2, 0.25) is 0 Å². The first-order valence-corrected chi connectivity index (χ1v) is 12.1. The summed E-state index contributed by atoms with van der Waals surface area (Å²) in [5.41, 5.74) is 5.95. The van der Waals surface area contributed by atoms with Gasteiger partial charge >= 0.3 is 5.69 Å². The van der Waals surface area contributed by atoms with Gasteiger partial charge in [-0.3, -0.25) is 0 Å². The van der Waals surface area contributed by atoms with Crippen LogP contribution < -0.4 is 5.69 Å². The van der Waals surface area contributed by atoms with Crippen molar-refractivity contribution >= 4 is 28.8 Å². The van der Waals surface area contributed by atoms with E-state index in [1.807, 2.05) is 60.7 Å². The Balaban J connectivity index is 1.66. The monoisotopic (exact) mass is 502 g/mol. The van der Waals surface area contributed by atoms with E-state index in [2.05, 4.69) is 38.0 Å². The number of aromatic nitrogens is 4. The minimum Gasteiger partial charge on any atom is -0.244 e. The van der Waals surface area contributed by atoms with Gasteiger partial charge in [-0.1, -0.05) is 92.5 Å². The molecule has 0 saturated heterocycles. The largest absolute Gasteiger partial charge is 0.367 e. The van der Waals surface area contributed by atoms with Crippen LogP contribution in [-0.4, -0.2) is 19.4 Å². The third-order valence-corrected chi connectivity index (χ3v) is 6.56. The summed E-state index contributed by atoms with van der Waals surface area (Å²) >= 11 is 12.3. The highest BCUT2D eigenvalue weighted by Crippen LogP contribution is 2.35. The first-order valence-electron chi connectivity index (χ1n) is 11.3. The molecular weight excluding hydrogens is 479 g/mol. The van der Waals surface area contributed by atoms with E-state index in [1.165, 1.54) is 14.8 Å². The molecule has 35 heavy (non-hydrogen) atoms. The van der Waals surface area contributed by atoms with Crippen LogP contribution in [0.15, 0.2) is 83.8 Å². The maximum absolute atomic E-state index is 13.3. The van der Waals surface area contributed by atoms with Crippen LogP contribution in [0.5, 0.6) is 0 Å². The molecule has 5 nitrogen and oxygen atoms in total. The summed E-state index contributed by atoms with van der Waals surface area (Å²) in [6.07, 6.45) is 1.70. The van der Waals surface area contributed by atoms with Crippen molar-refractivity contribution in [3.05, 3.63) is 111 Å². The zero-order valence-electron chi connectivity index (χ0n) is 19.7. The second-order valence-electron chi connectivity index (χ2n) is 9.57. The van der Waals surface area contributed by atoms with Crippen LogP contribution in [-0.2, 0) is 12.0 Å². The van der Waals surface area contributed by atoms with Crippen molar-refractivity contribution < 1.29 is 0 Å². The molecule has 0 atom stereocenters. The van der Waals surface area contributed by atoms with Crippen LogP contribution in [0.2, 0.25) is 10.0 Å². The molecule has 3 aromatic carbocycles. The summed E-state index contributed by atoms with van der Waals surface area (Å²) < 4.78 is 2.81. The lowest BCUT2D eigenvalue weighted by Crippen LogP contribution is -2.23. The number of benzene rings is 3. The van der Waals surface area contributed by atoms with E-state index in [0.29, 0.717) is 22.2 Å². The minimum atomic E-state index is -0.294. The lowest BCUT2D eigenvalue weighted by atomic mass is 9.87. The molecule has 0 fully saturated rings. The van der Waals surface area contributed by atoms with Crippen LogP contribution >= 0.6 is 23.2 Å². The molecule has 2 aromatic heterocycles. The van der Waals surface area contributed by atoms with Crippen LogP contribution in [0.1, 0.15) is 31.9 Å². The Hall–Kier alpha value is -3.41. The van der Waals surface area contributed by atoms with Crippen molar-refractivity contribution in [3.8, 4) is 22.3 Å². The van der Waals surface area contributed by atoms with Gasteiger partial charge in [0.1, 0.15) is 0 Å². The SMILES string of the molecule is CC(C)(C)c1ccc(Cn2nc3c(-c4ccc(Cl)cc4)c(-c4ccc(Cl)cc4)cnn3c2=O)cc1. The fourth-order valence-electron chi connectivity index (χ4n) is 4.10. The fourth-order valence-corrected chi connectivity index (χ4v) is 4.35. The summed E-state index contributed by atoms with van der Waals surface area (Å²) in [5, 5.41) is 10.5. The molecule has 0 aliphatic carbocycles. The first-order chi connectivity index (χ1) is 16.7. The molecule has 0 amide bonds. The summed E-state index contributed by atoms with van der Waals surface area (Å²) in [4.78, 5) is 13.3. The highest BCUT2D eigenvalue weighted by molar-refractivity contribution is 6.31. The van der Waals surface area contributed by atoms with E-state index in [0.717, 1.165) is 27.8 Å². The van der Waals surface area contributed by atoms with E-state index >= 15 is 0 Å². The van der Waals surface area contributed by atoms with Crippen molar-refractivity contribution in [2.75, 3.05) is 0 Å². The second kappa shape index (κ2) is 8.99. The molecule has 0 aliphatic heterocycles. The molecule has 7 heteroatoms. The normalized spacial score (nSPS) is 11.8. The predicted molar refractivity (Wildman–Crippen MR) is 142 cm³/mol. The maximum atomic E-state index is 13.3. The lowest BCUT2D eigenvalue weighted by molar-refractivity contribution is 0.589. The van der Waals surface area contributed by atoms with Gasteiger partial charge in [-0.25, -0.2) is 9.48 Å². The minimum absolute atomic E-state index is 0.0634. The van der Waals surface area contributed by atoms with Gasteiger partial charge in [0.15, 0.2) is 5.65 Å². The van der Waals surface area contributed by atoms with Crippen LogP contribution in [0.4, 0.5) is 0 Å². The third kappa shape index (κ3) is 4.62. The van der Waals surface area contributed by atoms with Crippen molar-refractivity contribution in [2.45, 2.75) is 32.7 Å². The molecule has 0 spiro atoms. The summed E-state index contributed by atoms with van der Waals surface area (Å²) in [6, 6.07) is 23.3. The smallest absolute Gasteiger partial charge is 0.244 e. The second-order valence-corrected chi connectivity index (χ2v) is 10.4. The number of hydrogen-bond acceptors (Lipinski definition) is 3. The van der Waals surface area contributed by atoms with Crippen molar-refractivity contribution in [1.82, 2.24) is 19.4 Å². The van der Waals surface area contributed by atoms with Crippen molar-refractivity contribution in [1.29, 1.82) is 0 Å². The number of halogens is 2. The number of hydrogen-bond donors (Lipinski definition) is 0. The Kier molecular flexibility index (Phi) is 5.99. The van der Waals surface area contributed by atoms with Crippen molar-refractivity contribution in [3.63, 3.8) is 0 Å². The molecule has 2 heterocycles. The molecule has 176 valence electrons. The summed E-state index contributed by atoms with van der Waals surface area (Å²) in [5.74, 6) is 0. The highest BCUT2D eigenvalue weighted by Gasteiger charge is 2.19. The average molecular weight is 503 g/mol. The molecule has 0 unspecified atom stereocenters. The maximum Gasteiger partial charge on any atom is 0.367 e. The quantitative estimate of drug-likeness (QED) is 0.269. The van der Waals surface area contributed by atoms with Gasteiger partial charge in [-0.15, -0.1) is 5.10 Å². The molecule has 5 rings (SSSR count). The standard InChI is InChI=1S/C28H24Cl2N4O/c1-28(2,3)21-10-4-18(5-11-21)17-33-27(35)34-26(32-33)25(20-8-14-23(30)15-9-20)24(16-31-34)19-6-12-22(29)13-7-19/h4-16H,17H2,1-3H3. The van der Waals surface area contributed by atoms with Gasteiger partial charge in [-0.05, 0) is 51.9 Å². The van der Waals surface area contributed by atoms with Gasteiger partial charge < -0.3 is 0 Å². The topological polar surface area (TPSA) is 52.2 Å². The van der Waals surface area contributed by atoms with E-state index in [9.17, 15) is 4.79 Å². The Morgan fingerprint density at radius 1 is 0.800 bits per heavy atom. The molecule has 0 saturated carbocycles. The van der Waals surface area contributed by atoms with Crippen LogP contribution in [0.3, 0.4) is 0 Å². The predicted octanol–water partition coefficient (Wildman–Crippen LogP) is 6.88. The van der Waals surface area contributed by atoms with E-state index in [1.54, 1.807) is 6.20 Å². The lowest BCUT2D eigenvalue weighted by Gasteiger charge is -2.19. The number of nitrogens with zero attached hydrogens (tertiary/aromatic N) is 4. The summed E-state index contributed by atoms with van der Waals surface area (Å²) in [7, 11) is 0. The molecule has 0 aliphatic rings.